The molecule has 0 aliphatic heterocycles. The molecule has 0 N–H and O–H groups in total. The summed E-state index contributed by atoms with van der Waals surface area (Å²) in [6, 6.07) is 19.0. The van der Waals surface area contributed by atoms with Crippen LogP contribution in [0.1, 0.15) is 5.69 Å². The highest BCUT2D eigenvalue weighted by atomic mass is 32.2. The van der Waals surface area contributed by atoms with Crippen molar-refractivity contribution in [3.05, 3.63) is 77.2 Å². The topological polar surface area (TPSA) is 56.3 Å². The zero-order valence-electron chi connectivity index (χ0n) is 14.6. The quantitative estimate of drug-likeness (QED) is 0.480. The third-order valence-electron chi connectivity index (χ3n) is 4.28. The van der Waals surface area contributed by atoms with Gasteiger partial charge in [0.1, 0.15) is 12.4 Å². The van der Waals surface area contributed by atoms with E-state index in [0.29, 0.717) is 11.5 Å². The lowest BCUT2D eigenvalue weighted by atomic mass is 10.0. The first-order valence-electron chi connectivity index (χ1n) is 8.33. The van der Waals surface area contributed by atoms with Crippen molar-refractivity contribution >= 4 is 31.9 Å². The molecule has 27 heavy (non-hydrogen) atoms. The van der Waals surface area contributed by atoms with Gasteiger partial charge < -0.3 is 4.74 Å². The first-order chi connectivity index (χ1) is 13.0. The second kappa shape index (κ2) is 7.13. The van der Waals surface area contributed by atoms with Crippen molar-refractivity contribution in [2.24, 2.45) is 0 Å². The van der Waals surface area contributed by atoms with Gasteiger partial charge in [0.2, 0.25) is 0 Å². The molecule has 0 unspecified atom stereocenters. The maximum Gasteiger partial charge on any atom is 0.175 e. The minimum Gasteiger partial charge on any atom is -0.487 e. The fourth-order valence-corrected chi connectivity index (χ4v) is 4.08. The fraction of sp³-hybridized carbons (Fsp3) is 0.0952. The van der Waals surface area contributed by atoms with Gasteiger partial charge in [-0.25, -0.2) is 13.4 Å². The Bertz CT molecular complexity index is 1200. The molecule has 0 fully saturated rings. The van der Waals surface area contributed by atoms with Gasteiger partial charge in [0.15, 0.2) is 9.84 Å². The van der Waals surface area contributed by atoms with Gasteiger partial charge in [-0.15, -0.1) is 11.3 Å². The van der Waals surface area contributed by atoms with Crippen molar-refractivity contribution in [3.63, 3.8) is 0 Å². The van der Waals surface area contributed by atoms with Crippen LogP contribution in [0.4, 0.5) is 0 Å². The highest BCUT2D eigenvalue weighted by Gasteiger charge is 2.09. The Morgan fingerprint density at radius 1 is 0.963 bits per heavy atom. The summed E-state index contributed by atoms with van der Waals surface area (Å²) in [4.78, 5) is 4.54. The van der Waals surface area contributed by atoms with E-state index >= 15 is 0 Å². The monoisotopic (exact) mass is 395 g/mol. The van der Waals surface area contributed by atoms with Gasteiger partial charge in [-0.05, 0) is 52.2 Å². The first-order valence-corrected chi connectivity index (χ1v) is 11.2. The number of sulfone groups is 1. The minimum atomic E-state index is -3.24. The normalized spacial score (nSPS) is 11.6. The zero-order chi connectivity index (χ0) is 18.9. The van der Waals surface area contributed by atoms with Gasteiger partial charge in [-0.3, -0.25) is 0 Å². The minimum absolute atomic E-state index is 0.320. The van der Waals surface area contributed by atoms with Crippen LogP contribution in [0.5, 0.6) is 5.75 Å². The van der Waals surface area contributed by atoms with Crippen molar-refractivity contribution < 1.29 is 13.2 Å². The van der Waals surface area contributed by atoms with Crippen LogP contribution in [0.15, 0.2) is 76.4 Å². The number of benzene rings is 3. The third kappa shape index (κ3) is 4.02. The maximum atomic E-state index is 11.8. The van der Waals surface area contributed by atoms with Crippen molar-refractivity contribution in [2.45, 2.75) is 11.5 Å². The number of ether oxygens (including phenoxy) is 1. The SMILES string of the molecule is CS(=O)(=O)c1cccc(-c2ccc3ccc(OCc4cscn4)cc3c2)c1. The van der Waals surface area contributed by atoms with Crippen molar-refractivity contribution in [2.75, 3.05) is 6.26 Å². The molecule has 0 saturated heterocycles. The van der Waals surface area contributed by atoms with E-state index in [1.165, 1.54) is 6.26 Å². The molecule has 0 aliphatic rings. The van der Waals surface area contributed by atoms with E-state index in [-0.39, 0.29) is 0 Å². The van der Waals surface area contributed by atoms with Gasteiger partial charge in [0, 0.05) is 11.6 Å². The van der Waals surface area contributed by atoms with E-state index in [9.17, 15) is 8.42 Å². The van der Waals surface area contributed by atoms with E-state index in [0.717, 1.165) is 33.3 Å². The van der Waals surface area contributed by atoms with Crippen molar-refractivity contribution in [1.82, 2.24) is 4.98 Å². The molecule has 0 aliphatic carbocycles. The van der Waals surface area contributed by atoms with E-state index in [2.05, 4.69) is 4.98 Å². The molecule has 4 nitrogen and oxygen atoms in total. The second-order valence-electron chi connectivity index (χ2n) is 6.29. The molecule has 0 saturated carbocycles. The number of fused-ring (bicyclic) bond motifs is 1. The number of aromatic nitrogens is 1. The largest absolute Gasteiger partial charge is 0.487 e. The van der Waals surface area contributed by atoms with Gasteiger partial charge in [-0.1, -0.05) is 30.3 Å². The van der Waals surface area contributed by atoms with E-state index in [4.69, 9.17) is 4.74 Å². The Hall–Kier alpha value is -2.70. The van der Waals surface area contributed by atoms with E-state index in [1.54, 1.807) is 35.0 Å². The maximum absolute atomic E-state index is 11.8. The van der Waals surface area contributed by atoms with Crippen LogP contribution in [0.3, 0.4) is 0 Å². The highest BCUT2D eigenvalue weighted by Crippen LogP contribution is 2.28. The number of hydrogen-bond donors (Lipinski definition) is 0. The average molecular weight is 396 g/mol. The second-order valence-corrected chi connectivity index (χ2v) is 9.03. The molecule has 136 valence electrons. The van der Waals surface area contributed by atoms with Crippen molar-refractivity contribution in [3.8, 4) is 16.9 Å². The molecule has 0 atom stereocenters. The Kier molecular flexibility index (Phi) is 4.68. The lowest BCUT2D eigenvalue weighted by Crippen LogP contribution is -1.96. The van der Waals surface area contributed by atoms with Crippen molar-refractivity contribution in [1.29, 1.82) is 0 Å². The lowest BCUT2D eigenvalue weighted by molar-refractivity contribution is 0.302. The third-order valence-corrected chi connectivity index (χ3v) is 6.02. The van der Waals surface area contributed by atoms with Crippen LogP contribution in [0.2, 0.25) is 0 Å². The summed E-state index contributed by atoms with van der Waals surface area (Å²) in [5.41, 5.74) is 4.53. The molecule has 1 aromatic heterocycles. The van der Waals surface area contributed by atoms with Gasteiger partial charge in [-0.2, -0.15) is 0 Å². The Labute approximate surface area is 162 Å². The Morgan fingerprint density at radius 2 is 1.78 bits per heavy atom. The summed E-state index contributed by atoms with van der Waals surface area (Å²) in [5.74, 6) is 0.775. The van der Waals surface area contributed by atoms with Crippen LogP contribution in [0.25, 0.3) is 21.9 Å². The zero-order valence-corrected chi connectivity index (χ0v) is 16.3. The van der Waals surface area contributed by atoms with Gasteiger partial charge in [0.05, 0.1) is 16.1 Å². The standard InChI is InChI=1S/C21H17NO3S2/c1-27(23,24)21-4-2-3-16(11-21)17-6-5-15-7-8-20(10-18(15)9-17)25-12-19-13-26-14-22-19/h2-11,13-14H,12H2,1H3. The number of hydrogen-bond acceptors (Lipinski definition) is 5. The van der Waals surface area contributed by atoms with Crippen LogP contribution in [-0.2, 0) is 16.4 Å². The summed E-state index contributed by atoms with van der Waals surface area (Å²) in [6.45, 7) is 0.436. The number of thiazole rings is 1. The van der Waals surface area contributed by atoms with Crippen LogP contribution in [0, 0.1) is 0 Å². The summed E-state index contributed by atoms with van der Waals surface area (Å²) >= 11 is 1.55. The van der Waals surface area contributed by atoms with E-state index in [1.807, 2.05) is 47.8 Å². The predicted molar refractivity (Wildman–Crippen MR) is 109 cm³/mol. The predicted octanol–water partition coefficient (Wildman–Crippen LogP) is 4.95. The van der Waals surface area contributed by atoms with Crippen LogP contribution in [-0.4, -0.2) is 19.7 Å². The number of rotatable bonds is 5. The van der Waals surface area contributed by atoms with Crippen LogP contribution < -0.4 is 4.74 Å². The molecule has 0 amide bonds. The molecule has 4 rings (SSSR count). The summed E-state index contributed by atoms with van der Waals surface area (Å²) in [6.07, 6.45) is 1.22. The molecule has 1 heterocycles. The molecule has 0 spiro atoms. The molecular formula is C21H17NO3S2. The number of nitrogens with zero attached hydrogens (tertiary/aromatic N) is 1. The summed E-state index contributed by atoms with van der Waals surface area (Å²) < 4.78 is 29.5. The molecule has 0 radical (unpaired) electrons. The molecular weight excluding hydrogens is 378 g/mol. The van der Waals surface area contributed by atoms with Gasteiger partial charge >= 0.3 is 0 Å². The van der Waals surface area contributed by atoms with Crippen LogP contribution >= 0.6 is 11.3 Å². The average Bonchev–Trinajstić information content (AvgIpc) is 3.19. The lowest BCUT2D eigenvalue weighted by Gasteiger charge is -2.09. The highest BCUT2D eigenvalue weighted by molar-refractivity contribution is 7.90. The summed E-state index contributed by atoms with van der Waals surface area (Å²) in [5, 5.41) is 4.10. The fourth-order valence-electron chi connectivity index (χ4n) is 2.87. The smallest absolute Gasteiger partial charge is 0.175 e. The molecule has 0 bridgehead atoms. The molecule has 3 aromatic carbocycles. The van der Waals surface area contributed by atoms with E-state index < -0.39 is 9.84 Å². The summed E-state index contributed by atoms with van der Waals surface area (Å²) in [7, 11) is -3.24. The van der Waals surface area contributed by atoms with Gasteiger partial charge in [0.25, 0.3) is 0 Å². The molecule has 4 aromatic rings. The molecule has 6 heteroatoms. The first kappa shape index (κ1) is 17.7. The Morgan fingerprint density at radius 3 is 2.56 bits per heavy atom. The Balaban J connectivity index is 1.66.